The molecule has 2 rings (SSSR count). The molecule has 0 aliphatic heterocycles. The van der Waals surface area contributed by atoms with Crippen molar-refractivity contribution in [3.05, 3.63) is 64.5 Å². The molecule has 0 aliphatic rings. The standard InChI is InChI=1S/C13H9ClFNO2S/c14-10-5-6-11(16-9-10)7-8-19(17,18)13-4-2-1-3-12(13)15/h1-9H/b8-7+. The van der Waals surface area contributed by atoms with Crippen molar-refractivity contribution < 1.29 is 12.8 Å². The minimum atomic E-state index is -3.83. The molecule has 0 atom stereocenters. The highest BCUT2D eigenvalue weighted by atomic mass is 35.5. The van der Waals surface area contributed by atoms with Crippen LogP contribution in [0.5, 0.6) is 0 Å². The summed E-state index contributed by atoms with van der Waals surface area (Å²) in [7, 11) is -3.83. The number of hydrogen-bond acceptors (Lipinski definition) is 3. The SMILES string of the molecule is O=S(=O)(/C=C/c1ccc(Cl)cn1)c1ccccc1F. The first kappa shape index (κ1) is 13.7. The third-order valence-corrected chi connectivity index (χ3v) is 3.97. The summed E-state index contributed by atoms with van der Waals surface area (Å²) in [4.78, 5) is 3.56. The lowest BCUT2D eigenvalue weighted by atomic mass is 10.3. The Balaban J connectivity index is 2.32. The van der Waals surface area contributed by atoms with Gasteiger partial charge in [-0.3, -0.25) is 4.98 Å². The van der Waals surface area contributed by atoms with Gasteiger partial charge >= 0.3 is 0 Å². The highest BCUT2D eigenvalue weighted by Gasteiger charge is 2.14. The van der Waals surface area contributed by atoms with Gasteiger partial charge in [0.2, 0.25) is 9.84 Å². The van der Waals surface area contributed by atoms with Crippen molar-refractivity contribution in [1.82, 2.24) is 4.98 Å². The largest absolute Gasteiger partial charge is 0.255 e. The fourth-order valence-electron chi connectivity index (χ4n) is 1.39. The molecule has 3 nitrogen and oxygen atoms in total. The van der Waals surface area contributed by atoms with Crippen LogP contribution in [0.25, 0.3) is 6.08 Å². The van der Waals surface area contributed by atoms with Gasteiger partial charge in [0.05, 0.1) is 10.7 Å². The Bertz CT molecular complexity index is 712. The van der Waals surface area contributed by atoms with Crippen LogP contribution in [0.3, 0.4) is 0 Å². The van der Waals surface area contributed by atoms with E-state index >= 15 is 0 Å². The van der Waals surface area contributed by atoms with Crippen molar-refractivity contribution in [2.24, 2.45) is 0 Å². The number of benzene rings is 1. The quantitative estimate of drug-likeness (QED) is 0.873. The summed E-state index contributed by atoms with van der Waals surface area (Å²) < 4.78 is 37.2. The predicted molar refractivity (Wildman–Crippen MR) is 71.9 cm³/mol. The number of aromatic nitrogens is 1. The first-order valence-electron chi connectivity index (χ1n) is 5.28. The topological polar surface area (TPSA) is 47.0 Å². The monoisotopic (exact) mass is 297 g/mol. The number of pyridine rings is 1. The Morgan fingerprint density at radius 1 is 1.16 bits per heavy atom. The van der Waals surface area contributed by atoms with Gasteiger partial charge in [-0.25, -0.2) is 12.8 Å². The Morgan fingerprint density at radius 3 is 2.53 bits per heavy atom. The molecule has 0 unspecified atom stereocenters. The molecule has 0 spiro atoms. The van der Waals surface area contributed by atoms with Crippen molar-refractivity contribution >= 4 is 27.5 Å². The van der Waals surface area contributed by atoms with Gasteiger partial charge < -0.3 is 0 Å². The second kappa shape index (κ2) is 5.50. The van der Waals surface area contributed by atoms with Crippen LogP contribution >= 0.6 is 11.6 Å². The molecule has 0 saturated carbocycles. The molecular weight excluding hydrogens is 289 g/mol. The fraction of sp³-hybridized carbons (Fsp3) is 0. The lowest BCUT2D eigenvalue weighted by molar-refractivity contribution is 0.572. The zero-order valence-corrected chi connectivity index (χ0v) is 11.2. The van der Waals surface area contributed by atoms with E-state index in [9.17, 15) is 12.8 Å². The van der Waals surface area contributed by atoms with Crippen molar-refractivity contribution in [2.45, 2.75) is 4.90 Å². The minimum Gasteiger partial charge on any atom is -0.255 e. The van der Waals surface area contributed by atoms with Gasteiger partial charge in [-0.15, -0.1) is 0 Å². The maximum atomic E-state index is 13.4. The number of rotatable bonds is 3. The molecule has 0 amide bonds. The summed E-state index contributed by atoms with van der Waals surface area (Å²) in [5.74, 6) is -0.781. The van der Waals surface area contributed by atoms with Gasteiger partial charge in [0.25, 0.3) is 0 Å². The molecule has 6 heteroatoms. The van der Waals surface area contributed by atoms with Gasteiger partial charge in [0.1, 0.15) is 10.7 Å². The van der Waals surface area contributed by atoms with Crippen molar-refractivity contribution in [3.8, 4) is 0 Å². The normalized spacial score (nSPS) is 11.9. The average Bonchev–Trinajstić information content (AvgIpc) is 2.38. The van der Waals surface area contributed by atoms with E-state index in [1.54, 1.807) is 12.1 Å². The van der Waals surface area contributed by atoms with E-state index in [0.29, 0.717) is 10.7 Å². The number of sulfone groups is 1. The second-order valence-electron chi connectivity index (χ2n) is 3.68. The van der Waals surface area contributed by atoms with E-state index in [-0.39, 0.29) is 4.90 Å². The van der Waals surface area contributed by atoms with Gasteiger partial charge in [-0.05, 0) is 30.3 Å². The summed E-state index contributed by atoms with van der Waals surface area (Å²) in [6.07, 6.45) is 2.69. The average molecular weight is 298 g/mol. The summed E-state index contributed by atoms with van der Waals surface area (Å²) in [5.41, 5.74) is 0.421. The van der Waals surface area contributed by atoms with E-state index in [1.807, 2.05) is 0 Å². The third-order valence-electron chi connectivity index (χ3n) is 2.31. The van der Waals surface area contributed by atoms with Gasteiger partial charge in [0, 0.05) is 11.6 Å². The zero-order chi connectivity index (χ0) is 13.9. The molecule has 0 aliphatic carbocycles. The smallest absolute Gasteiger partial charge is 0.202 e. The van der Waals surface area contributed by atoms with Crippen LogP contribution in [-0.4, -0.2) is 13.4 Å². The predicted octanol–water partition coefficient (Wildman–Crippen LogP) is 3.32. The van der Waals surface area contributed by atoms with Crippen LogP contribution in [0.4, 0.5) is 4.39 Å². The van der Waals surface area contributed by atoms with Crippen LogP contribution in [0.1, 0.15) is 5.69 Å². The molecule has 0 fully saturated rings. The van der Waals surface area contributed by atoms with Crippen molar-refractivity contribution in [2.75, 3.05) is 0 Å². The lowest BCUT2D eigenvalue weighted by Crippen LogP contribution is -1.99. The Hall–Kier alpha value is -1.72. The van der Waals surface area contributed by atoms with E-state index in [4.69, 9.17) is 11.6 Å². The van der Waals surface area contributed by atoms with Crippen LogP contribution in [-0.2, 0) is 9.84 Å². The number of halogens is 2. The maximum absolute atomic E-state index is 13.4. The number of hydrogen-bond donors (Lipinski definition) is 0. The maximum Gasteiger partial charge on any atom is 0.202 e. The summed E-state index contributed by atoms with van der Waals surface area (Å²) in [5, 5.41) is 1.37. The summed E-state index contributed by atoms with van der Waals surface area (Å²) in [6.45, 7) is 0. The highest BCUT2D eigenvalue weighted by molar-refractivity contribution is 7.94. The summed E-state index contributed by atoms with van der Waals surface area (Å²) >= 11 is 5.66. The van der Waals surface area contributed by atoms with Crippen LogP contribution in [0.2, 0.25) is 5.02 Å². The van der Waals surface area contributed by atoms with E-state index in [0.717, 1.165) is 11.5 Å². The summed E-state index contributed by atoms with van der Waals surface area (Å²) in [6, 6.07) is 8.36. The van der Waals surface area contributed by atoms with Crippen LogP contribution < -0.4 is 0 Å². The molecule has 0 bridgehead atoms. The molecule has 19 heavy (non-hydrogen) atoms. The van der Waals surface area contributed by atoms with Crippen LogP contribution in [0.15, 0.2) is 52.9 Å². The molecular formula is C13H9ClFNO2S. The molecule has 0 radical (unpaired) electrons. The fourth-order valence-corrected chi connectivity index (χ4v) is 2.58. The molecule has 1 aromatic heterocycles. The number of nitrogens with zero attached hydrogens (tertiary/aromatic N) is 1. The van der Waals surface area contributed by atoms with Crippen LogP contribution in [0, 0.1) is 5.82 Å². The van der Waals surface area contributed by atoms with Crippen molar-refractivity contribution in [1.29, 1.82) is 0 Å². The van der Waals surface area contributed by atoms with Gasteiger partial charge in [0.15, 0.2) is 0 Å². The minimum absolute atomic E-state index is 0.361. The van der Waals surface area contributed by atoms with Crippen molar-refractivity contribution in [3.63, 3.8) is 0 Å². The first-order valence-corrected chi connectivity index (χ1v) is 7.21. The van der Waals surface area contributed by atoms with E-state index in [2.05, 4.69) is 4.98 Å². The Morgan fingerprint density at radius 2 is 1.89 bits per heavy atom. The van der Waals surface area contributed by atoms with E-state index in [1.165, 1.54) is 30.5 Å². The first-order chi connectivity index (χ1) is 8.99. The molecule has 98 valence electrons. The molecule has 0 saturated heterocycles. The Labute approximate surface area is 115 Å². The molecule has 2 aromatic rings. The second-order valence-corrected chi connectivity index (χ2v) is 5.92. The lowest BCUT2D eigenvalue weighted by Gasteiger charge is -2.00. The molecule has 1 heterocycles. The zero-order valence-electron chi connectivity index (χ0n) is 9.62. The Kier molecular flexibility index (Phi) is 3.97. The van der Waals surface area contributed by atoms with Gasteiger partial charge in [-0.1, -0.05) is 23.7 Å². The third kappa shape index (κ3) is 3.39. The van der Waals surface area contributed by atoms with Gasteiger partial charge in [-0.2, -0.15) is 0 Å². The molecule has 0 N–H and O–H groups in total. The molecule has 1 aromatic carbocycles. The van der Waals surface area contributed by atoms with E-state index < -0.39 is 15.7 Å². The highest BCUT2D eigenvalue weighted by Crippen LogP contribution is 2.17.